The van der Waals surface area contributed by atoms with Crippen LogP contribution < -0.4 is 35.4 Å². The summed E-state index contributed by atoms with van der Waals surface area (Å²) in [5, 5.41) is 9.28. The van der Waals surface area contributed by atoms with Gasteiger partial charge in [-0.15, -0.1) is 0 Å². The number of pyridine rings is 1. The summed E-state index contributed by atoms with van der Waals surface area (Å²) in [6.45, 7) is 9.47. The Morgan fingerprint density at radius 3 is 2.54 bits per heavy atom. The maximum absolute atomic E-state index is 12.4. The molecule has 0 spiro atoms. The third-order valence-corrected chi connectivity index (χ3v) is 11.2. The van der Waals surface area contributed by atoms with E-state index < -0.39 is 0 Å². The molecule has 2 saturated heterocycles. The molecule has 4 aliphatic rings. The number of aromatic nitrogens is 4. The van der Waals surface area contributed by atoms with Crippen LogP contribution in [0.1, 0.15) is 47.7 Å². The van der Waals surface area contributed by atoms with Crippen LogP contribution >= 0.6 is 0 Å². The molecule has 4 aliphatic heterocycles. The average molecular weight is 725 g/mol. The fraction of sp³-hybridized carbons (Fsp3) is 0.341. The monoisotopic (exact) mass is 724 g/mol. The van der Waals surface area contributed by atoms with Crippen molar-refractivity contribution in [1.82, 2.24) is 24.8 Å². The van der Waals surface area contributed by atoms with Crippen molar-refractivity contribution < 1.29 is 14.3 Å². The van der Waals surface area contributed by atoms with E-state index in [1.807, 2.05) is 25.4 Å². The van der Waals surface area contributed by atoms with E-state index in [4.69, 9.17) is 9.72 Å². The van der Waals surface area contributed by atoms with Crippen molar-refractivity contribution >= 4 is 46.3 Å². The summed E-state index contributed by atoms with van der Waals surface area (Å²) in [6.07, 6.45) is 11.6. The van der Waals surface area contributed by atoms with Gasteiger partial charge >= 0.3 is 6.03 Å². The predicted octanol–water partition coefficient (Wildman–Crippen LogP) is 6.36. The molecule has 0 radical (unpaired) electrons. The highest BCUT2D eigenvalue weighted by atomic mass is 16.5. The first-order valence-electron chi connectivity index (χ1n) is 18.8. The number of piperidine rings is 1. The topological polar surface area (TPSA) is 133 Å². The van der Waals surface area contributed by atoms with Crippen molar-refractivity contribution in [2.45, 2.75) is 52.1 Å². The van der Waals surface area contributed by atoms with Crippen LogP contribution in [0.4, 0.5) is 39.2 Å². The first kappa shape index (κ1) is 33.7. The summed E-state index contributed by atoms with van der Waals surface area (Å²) in [6, 6.07) is 17.0. The van der Waals surface area contributed by atoms with Gasteiger partial charge in [-0.1, -0.05) is 12.1 Å². The van der Waals surface area contributed by atoms with Gasteiger partial charge in [-0.05, 0) is 91.8 Å². The molecule has 2 fully saturated rings. The Kier molecular flexibility index (Phi) is 8.76. The molecule has 0 bridgehead atoms. The van der Waals surface area contributed by atoms with E-state index in [1.165, 1.54) is 16.8 Å². The second kappa shape index (κ2) is 14.0. The number of hydrogen-bond acceptors (Lipinski definition) is 10. The summed E-state index contributed by atoms with van der Waals surface area (Å²) in [4.78, 5) is 44.5. The van der Waals surface area contributed by atoms with Crippen LogP contribution in [-0.2, 0) is 17.8 Å². The second-order valence-corrected chi connectivity index (χ2v) is 14.6. The van der Waals surface area contributed by atoms with Gasteiger partial charge in [-0.2, -0.15) is 0 Å². The van der Waals surface area contributed by atoms with Crippen molar-refractivity contribution in [3.63, 3.8) is 0 Å². The molecular formula is C41H44N10O3. The molecule has 3 aromatic heterocycles. The van der Waals surface area contributed by atoms with E-state index in [1.54, 1.807) is 4.90 Å². The molecule has 13 heteroatoms. The number of imide groups is 1. The number of urea groups is 1. The second-order valence-electron chi connectivity index (χ2n) is 14.6. The summed E-state index contributed by atoms with van der Waals surface area (Å²) in [7, 11) is 0. The average Bonchev–Trinajstić information content (AvgIpc) is 3.69. The Morgan fingerprint density at radius 2 is 1.72 bits per heavy atom. The maximum Gasteiger partial charge on any atom is 0.328 e. The van der Waals surface area contributed by atoms with E-state index in [9.17, 15) is 9.59 Å². The molecule has 3 N–H and O–H groups in total. The fourth-order valence-electron chi connectivity index (χ4n) is 8.14. The third kappa shape index (κ3) is 6.54. The number of aryl methyl sites for hydroxylation is 1. The van der Waals surface area contributed by atoms with Gasteiger partial charge in [-0.3, -0.25) is 15.0 Å². The molecule has 5 aromatic rings. The number of benzene rings is 2. The Hall–Kier alpha value is -6.11. The molecule has 0 aliphatic carbocycles. The van der Waals surface area contributed by atoms with Crippen molar-refractivity contribution in [3.8, 4) is 17.0 Å². The van der Waals surface area contributed by atoms with Gasteiger partial charge in [0.1, 0.15) is 12.3 Å². The Bertz CT molecular complexity index is 2230. The predicted molar refractivity (Wildman–Crippen MR) is 210 cm³/mol. The lowest BCUT2D eigenvalue weighted by Gasteiger charge is -2.35. The quantitative estimate of drug-likeness (QED) is 0.174. The van der Waals surface area contributed by atoms with Crippen LogP contribution in [0.25, 0.3) is 11.1 Å². The number of rotatable bonds is 7. The van der Waals surface area contributed by atoms with Crippen molar-refractivity contribution in [1.29, 1.82) is 0 Å². The Labute approximate surface area is 314 Å². The number of carbonyl (C=O) groups excluding carboxylic acids is 2. The number of nitrogens with zero attached hydrogens (tertiary/aromatic N) is 7. The maximum atomic E-state index is 12.4. The van der Waals surface area contributed by atoms with Crippen LogP contribution in [0, 0.1) is 13.8 Å². The first-order valence-corrected chi connectivity index (χ1v) is 18.8. The summed E-state index contributed by atoms with van der Waals surface area (Å²) in [5.41, 5.74) is 11.8. The SMILES string of the molecule is Cc1cc(N2CCC(n3ccc(-c4ccc(Nc5ncc6c(n5)CN(c5cnc7c(c5C)NCCO7)CC6)cc4)c3)CC2)ccc1N1CCC(=O)NC1=O. The molecule has 2 aromatic carbocycles. The zero-order chi connectivity index (χ0) is 36.8. The van der Waals surface area contributed by atoms with Crippen molar-refractivity contribution in [2.75, 3.05) is 64.7 Å². The standard InChI is InChI=1S/C41H44N10O3/c1-26-21-33(7-8-35(26)51-19-13-37(52)47-41(51)53)48-17-11-32(12-18-48)49-15-10-30(24-49)28-3-5-31(6-4-28)45-40-44-22-29-9-16-50(25-34(29)46-40)36-23-43-39-38(27(36)2)42-14-20-54-39/h3-8,10,15,21-24,32,42H,9,11-14,16-20,25H2,1-2H3,(H,44,45,46)(H,47,52,53). The number of fused-ring (bicyclic) bond motifs is 2. The third-order valence-electron chi connectivity index (χ3n) is 11.2. The number of nitrogens with one attached hydrogen (secondary N) is 3. The number of ether oxygens (including phenoxy) is 1. The van der Waals surface area contributed by atoms with Gasteiger partial charge in [0, 0.05) is 86.4 Å². The van der Waals surface area contributed by atoms with E-state index in [2.05, 4.69) is 102 Å². The summed E-state index contributed by atoms with van der Waals surface area (Å²) in [5.74, 6) is 1.05. The van der Waals surface area contributed by atoms with Crippen molar-refractivity contribution in [2.24, 2.45) is 0 Å². The molecule has 13 nitrogen and oxygen atoms in total. The minimum absolute atomic E-state index is 0.219. The normalized spacial score (nSPS) is 17.3. The minimum atomic E-state index is -0.348. The number of carbonyl (C=O) groups is 2. The molecule has 9 rings (SSSR count). The zero-order valence-electron chi connectivity index (χ0n) is 30.6. The van der Waals surface area contributed by atoms with Crippen LogP contribution in [0.2, 0.25) is 0 Å². The molecule has 7 heterocycles. The van der Waals surface area contributed by atoms with E-state index in [0.29, 0.717) is 44.0 Å². The van der Waals surface area contributed by atoms with E-state index in [0.717, 1.165) is 90.6 Å². The van der Waals surface area contributed by atoms with Crippen LogP contribution in [0.3, 0.4) is 0 Å². The molecule has 0 saturated carbocycles. The lowest BCUT2D eigenvalue weighted by molar-refractivity contribution is -0.120. The highest BCUT2D eigenvalue weighted by molar-refractivity contribution is 6.06. The van der Waals surface area contributed by atoms with Gasteiger partial charge in [0.15, 0.2) is 0 Å². The Morgan fingerprint density at radius 1 is 0.870 bits per heavy atom. The van der Waals surface area contributed by atoms with Crippen LogP contribution in [0.15, 0.2) is 73.3 Å². The number of anilines is 6. The van der Waals surface area contributed by atoms with Gasteiger partial charge in [0.2, 0.25) is 17.7 Å². The van der Waals surface area contributed by atoms with Crippen LogP contribution in [-0.4, -0.2) is 70.8 Å². The van der Waals surface area contributed by atoms with Crippen molar-refractivity contribution in [3.05, 3.63) is 95.7 Å². The highest BCUT2D eigenvalue weighted by Crippen LogP contribution is 2.37. The molecule has 0 atom stereocenters. The first-order chi connectivity index (χ1) is 26.4. The summed E-state index contributed by atoms with van der Waals surface area (Å²) >= 11 is 0. The number of amides is 3. The largest absolute Gasteiger partial charge is 0.474 e. The van der Waals surface area contributed by atoms with Crippen LogP contribution in [0.5, 0.6) is 5.88 Å². The molecule has 3 amide bonds. The lowest BCUT2D eigenvalue weighted by Crippen LogP contribution is -2.49. The highest BCUT2D eigenvalue weighted by Gasteiger charge is 2.27. The smallest absolute Gasteiger partial charge is 0.328 e. The molecule has 276 valence electrons. The van der Waals surface area contributed by atoms with Gasteiger partial charge in [-0.25, -0.2) is 19.7 Å². The molecule has 0 unspecified atom stereocenters. The molecule has 54 heavy (non-hydrogen) atoms. The lowest BCUT2D eigenvalue weighted by atomic mass is 10.0. The van der Waals surface area contributed by atoms with Gasteiger partial charge in [0.05, 0.1) is 24.1 Å². The molecular weight excluding hydrogens is 681 g/mol. The van der Waals surface area contributed by atoms with E-state index >= 15 is 0 Å². The minimum Gasteiger partial charge on any atom is -0.474 e. The fourth-order valence-corrected chi connectivity index (χ4v) is 8.14. The van der Waals surface area contributed by atoms with Gasteiger partial charge in [0.25, 0.3) is 0 Å². The Balaban J connectivity index is 0.808. The van der Waals surface area contributed by atoms with E-state index in [-0.39, 0.29) is 11.9 Å². The number of hydrogen-bond donors (Lipinski definition) is 3. The zero-order valence-corrected chi connectivity index (χ0v) is 30.6. The van der Waals surface area contributed by atoms with Gasteiger partial charge < -0.3 is 29.7 Å². The summed E-state index contributed by atoms with van der Waals surface area (Å²) < 4.78 is 8.10.